The second kappa shape index (κ2) is 4.32. The lowest BCUT2D eigenvalue weighted by Gasteiger charge is -1.90. The standard InChI is InChI=1S/C5H9N3O2S/c1-10-3-11-5-6-4(2-9)7-8-5/h9H,2-3H2,1H3,(H,6,7,8). The van der Waals surface area contributed by atoms with Crippen LogP contribution in [-0.4, -0.2) is 33.3 Å². The maximum atomic E-state index is 8.60. The monoisotopic (exact) mass is 175 g/mol. The second-order valence-corrected chi connectivity index (χ2v) is 2.66. The summed E-state index contributed by atoms with van der Waals surface area (Å²) in [5.41, 5.74) is 0. The highest BCUT2D eigenvalue weighted by molar-refractivity contribution is 7.99. The Labute approximate surface area is 68.2 Å². The van der Waals surface area contributed by atoms with Crippen LogP contribution in [0.15, 0.2) is 5.16 Å². The first-order valence-electron chi connectivity index (χ1n) is 3.00. The van der Waals surface area contributed by atoms with Gasteiger partial charge in [0.15, 0.2) is 5.82 Å². The van der Waals surface area contributed by atoms with Crippen LogP contribution in [0.25, 0.3) is 0 Å². The molecule has 0 amide bonds. The minimum absolute atomic E-state index is 0.111. The van der Waals surface area contributed by atoms with Gasteiger partial charge in [-0.05, 0) is 0 Å². The van der Waals surface area contributed by atoms with Crippen LogP contribution in [0.4, 0.5) is 0 Å². The fourth-order valence-corrected chi connectivity index (χ4v) is 1.03. The highest BCUT2D eigenvalue weighted by Gasteiger charge is 2.00. The number of aromatic amines is 1. The largest absolute Gasteiger partial charge is 0.388 e. The van der Waals surface area contributed by atoms with Crippen LogP contribution in [0.5, 0.6) is 0 Å². The molecule has 1 rings (SSSR count). The van der Waals surface area contributed by atoms with Crippen LogP contribution in [0.1, 0.15) is 5.82 Å². The smallest absolute Gasteiger partial charge is 0.210 e. The number of thioether (sulfide) groups is 1. The van der Waals surface area contributed by atoms with Gasteiger partial charge in [-0.1, -0.05) is 11.8 Å². The van der Waals surface area contributed by atoms with Crippen molar-refractivity contribution < 1.29 is 9.84 Å². The number of ether oxygens (including phenoxy) is 1. The fraction of sp³-hybridized carbons (Fsp3) is 0.600. The fourth-order valence-electron chi connectivity index (χ4n) is 0.525. The van der Waals surface area contributed by atoms with Crippen molar-refractivity contribution in [2.24, 2.45) is 0 Å². The molecular formula is C5H9N3O2S. The predicted octanol–water partition coefficient (Wildman–Crippen LogP) is -0.00700. The lowest BCUT2D eigenvalue weighted by molar-refractivity contribution is 0.258. The Morgan fingerprint density at radius 3 is 3.09 bits per heavy atom. The van der Waals surface area contributed by atoms with E-state index in [4.69, 9.17) is 9.84 Å². The number of nitrogens with one attached hydrogen (secondary N) is 1. The maximum absolute atomic E-state index is 8.60. The van der Waals surface area contributed by atoms with Crippen molar-refractivity contribution in [3.05, 3.63) is 5.82 Å². The third kappa shape index (κ3) is 2.49. The van der Waals surface area contributed by atoms with Crippen LogP contribution < -0.4 is 0 Å². The van der Waals surface area contributed by atoms with Crippen molar-refractivity contribution in [2.45, 2.75) is 11.8 Å². The van der Waals surface area contributed by atoms with Gasteiger partial charge in [0, 0.05) is 7.11 Å². The average Bonchev–Trinajstić information content (AvgIpc) is 2.48. The Morgan fingerprint density at radius 2 is 2.55 bits per heavy atom. The van der Waals surface area contributed by atoms with Crippen molar-refractivity contribution in [1.82, 2.24) is 15.2 Å². The van der Waals surface area contributed by atoms with Gasteiger partial charge in [0.05, 0.1) is 5.94 Å². The molecule has 1 aromatic rings. The van der Waals surface area contributed by atoms with Gasteiger partial charge in [-0.3, -0.25) is 5.10 Å². The van der Waals surface area contributed by atoms with Crippen LogP contribution in [0.3, 0.4) is 0 Å². The van der Waals surface area contributed by atoms with E-state index in [-0.39, 0.29) is 6.61 Å². The molecule has 0 aliphatic rings. The molecule has 5 nitrogen and oxygen atoms in total. The molecular weight excluding hydrogens is 166 g/mol. The van der Waals surface area contributed by atoms with Crippen molar-refractivity contribution in [3.63, 3.8) is 0 Å². The number of aromatic nitrogens is 3. The van der Waals surface area contributed by atoms with Crippen molar-refractivity contribution in [1.29, 1.82) is 0 Å². The first-order valence-corrected chi connectivity index (χ1v) is 3.99. The SMILES string of the molecule is COCSc1n[nH]c(CO)n1. The van der Waals surface area contributed by atoms with E-state index >= 15 is 0 Å². The third-order valence-electron chi connectivity index (χ3n) is 0.967. The number of hydrogen-bond donors (Lipinski definition) is 2. The number of rotatable bonds is 4. The molecule has 0 radical (unpaired) electrons. The number of H-pyrrole nitrogens is 1. The van der Waals surface area contributed by atoms with E-state index in [9.17, 15) is 0 Å². The van der Waals surface area contributed by atoms with Crippen LogP contribution >= 0.6 is 11.8 Å². The minimum Gasteiger partial charge on any atom is -0.388 e. The van der Waals surface area contributed by atoms with Crippen molar-refractivity contribution in [3.8, 4) is 0 Å². The summed E-state index contributed by atoms with van der Waals surface area (Å²) in [6.07, 6.45) is 0. The van der Waals surface area contributed by atoms with E-state index in [1.807, 2.05) is 0 Å². The Morgan fingerprint density at radius 1 is 1.73 bits per heavy atom. The molecule has 0 saturated heterocycles. The van der Waals surface area contributed by atoms with Crippen LogP contribution in [-0.2, 0) is 11.3 Å². The zero-order chi connectivity index (χ0) is 8.10. The second-order valence-electron chi connectivity index (χ2n) is 1.77. The van der Waals surface area contributed by atoms with Crippen LogP contribution in [0, 0.1) is 0 Å². The molecule has 0 saturated carbocycles. The number of hydrogen-bond acceptors (Lipinski definition) is 5. The molecule has 62 valence electrons. The Hall–Kier alpha value is -0.590. The van der Waals surface area contributed by atoms with E-state index in [2.05, 4.69) is 15.2 Å². The van der Waals surface area contributed by atoms with Crippen molar-refractivity contribution in [2.75, 3.05) is 13.0 Å². The summed E-state index contributed by atoms with van der Waals surface area (Å²) in [5.74, 6) is 0.992. The van der Waals surface area contributed by atoms with Gasteiger partial charge in [-0.25, -0.2) is 4.98 Å². The topological polar surface area (TPSA) is 71.0 Å². The summed E-state index contributed by atoms with van der Waals surface area (Å²) in [4.78, 5) is 3.93. The zero-order valence-corrected chi connectivity index (χ0v) is 6.89. The highest BCUT2D eigenvalue weighted by atomic mass is 32.2. The maximum Gasteiger partial charge on any atom is 0.210 e. The number of methoxy groups -OCH3 is 1. The molecule has 0 atom stereocenters. The molecule has 0 bridgehead atoms. The summed E-state index contributed by atoms with van der Waals surface area (Å²) in [5, 5.41) is 15.6. The molecule has 0 aliphatic heterocycles. The molecule has 0 spiro atoms. The molecule has 0 unspecified atom stereocenters. The van der Waals surface area contributed by atoms with Gasteiger partial charge in [-0.15, -0.1) is 5.10 Å². The zero-order valence-electron chi connectivity index (χ0n) is 6.07. The Kier molecular flexibility index (Phi) is 3.34. The van der Waals surface area contributed by atoms with E-state index in [1.165, 1.54) is 11.8 Å². The summed E-state index contributed by atoms with van der Waals surface area (Å²) in [7, 11) is 1.60. The van der Waals surface area contributed by atoms with E-state index in [0.29, 0.717) is 16.9 Å². The van der Waals surface area contributed by atoms with Gasteiger partial charge >= 0.3 is 0 Å². The normalized spacial score (nSPS) is 10.4. The van der Waals surface area contributed by atoms with Gasteiger partial charge in [0.2, 0.25) is 5.16 Å². The first kappa shape index (κ1) is 8.51. The first-order chi connectivity index (χ1) is 5.36. The average molecular weight is 175 g/mol. The van der Waals surface area contributed by atoms with Gasteiger partial charge in [0.1, 0.15) is 6.61 Å². The minimum atomic E-state index is -0.111. The van der Waals surface area contributed by atoms with E-state index < -0.39 is 0 Å². The summed E-state index contributed by atoms with van der Waals surface area (Å²) < 4.78 is 4.80. The van der Waals surface area contributed by atoms with E-state index in [1.54, 1.807) is 7.11 Å². The Bertz CT molecular complexity index is 215. The molecule has 1 aromatic heterocycles. The molecule has 0 aliphatic carbocycles. The molecule has 11 heavy (non-hydrogen) atoms. The quantitative estimate of drug-likeness (QED) is 0.497. The van der Waals surface area contributed by atoms with Gasteiger partial charge < -0.3 is 9.84 Å². The lowest BCUT2D eigenvalue weighted by atomic mass is 10.7. The molecule has 0 aromatic carbocycles. The molecule has 0 fully saturated rings. The van der Waals surface area contributed by atoms with Crippen molar-refractivity contribution >= 4 is 11.8 Å². The number of aliphatic hydroxyl groups excluding tert-OH is 1. The lowest BCUT2D eigenvalue weighted by Crippen LogP contribution is -1.85. The molecule has 2 N–H and O–H groups in total. The predicted molar refractivity (Wildman–Crippen MR) is 40.0 cm³/mol. The van der Waals surface area contributed by atoms with Crippen LogP contribution in [0.2, 0.25) is 0 Å². The van der Waals surface area contributed by atoms with E-state index in [0.717, 1.165) is 0 Å². The highest BCUT2D eigenvalue weighted by Crippen LogP contribution is 2.10. The summed E-state index contributed by atoms with van der Waals surface area (Å²) in [6, 6.07) is 0. The Balaban J connectivity index is 2.44. The van der Waals surface area contributed by atoms with Gasteiger partial charge in [0.25, 0.3) is 0 Å². The summed E-state index contributed by atoms with van der Waals surface area (Å²) in [6.45, 7) is -0.111. The summed E-state index contributed by atoms with van der Waals surface area (Å²) >= 11 is 1.37. The third-order valence-corrected chi connectivity index (χ3v) is 1.76. The number of aliphatic hydroxyl groups is 1. The molecule has 6 heteroatoms. The number of nitrogens with zero attached hydrogens (tertiary/aromatic N) is 2. The molecule has 1 heterocycles. The van der Waals surface area contributed by atoms with Gasteiger partial charge in [-0.2, -0.15) is 0 Å².